The average molecular weight is 570 g/mol. The topological polar surface area (TPSA) is 70.2 Å². The molecule has 0 aliphatic carbocycles. The van der Waals surface area contributed by atoms with E-state index in [2.05, 4.69) is 38.5 Å². The van der Waals surface area contributed by atoms with Crippen molar-refractivity contribution in [2.75, 3.05) is 10.6 Å². The van der Waals surface area contributed by atoms with Gasteiger partial charge in [-0.25, -0.2) is 0 Å². The minimum absolute atomic E-state index is 0.130. The smallest absolute Gasteiger partial charge is 0.258 e. The Morgan fingerprint density at radius 2 is 1.50 bits per heavy atom. The van der Waals surface area contributed by atoms with Gasteiger partial charge in [0.15, 0.2) is 5.11 Å². The van der Waals surface area contributed by atoms with E-state index < -0.39 is 5.91 Å². The normalized spacial score (nSPS) is 10.2. The van der Waals surface area contributed by atoms with Crippen LogP contribution in [0.25, 0.3) is 0 Å². The zero-order valence-corrected chi connectivity index (χ0v) is 19.7. The third kappa shape index (κ3) is 6.15. The first-order valence-electron chi connectivity index (χ1n) is 8.56. The van der Waals surface area contributed by atoms with Crippen LogP contribution in [0.5, 0.6) is 0 Å². The number of hydrogen-bond donors (Lipinski definition) is 3. The molecule has 0 aliphatic rings. The van der Waals surface area contributed by atoms with Gasteiger partial charge in [0.1, 0.15) is 0 Å². The third-order valence-corrected chi connectivity index (χ3v) is 5.33. The lowest BCUT2D eigenvalue weighted by atomic mass is 10.2. The highest BCUT2D eigenvalue weighted by molar-refractivity contribution is 14.1. The summed E-state index contributed by atoms with van der Waals surface area (Å²) >= 11 is 19.3. The van der Waals surface area contributed by atoms with Gasteiger partial charge in [-0.05, 0) is 95.5 Å². The number of thiocarbonyl (C=S) groups is 1. The maximum Gasteiger partial charge on any atom is 0.258 e. The lowest BCUT2D eigenvalue weighted by Crippen LogP contribution is -2.34. The summed E-state index contributed by atoms with van der Waals surface area (Å²) in [6, 6.07) is 18.7. The number of carbonyl (C=O) groups excluding carboxylic acids is 2. The zero-order chi connectivity index (χ0) is 21.7. The van der Waals surface area contributed by atoms with Crippen LogP contribution in [-0.4, -0.2) is 16.9 Å². The molecule has 30 heavy (non-hydrogen) atoms. The predicted octanol–water partition coefficient (Wildman–Crippen LogP) is 5.98. The molecule has 0 radical (unpaired) electrons. The third-order valence-electron chi connectivity index (χ3n) is 3.89. The molecule has 0 spiro atoms. The van der Waals surface area contributed by atoms with E-state index in [1.807, 2.05) is 6.07 Å². The molecular weight excluding hydrogens is 556 g/mol. The van der Waals surface area contributed by atoms with Crippen molar-refractivity contribution in [2.24, 2.45) is 0 Å². The Hall–Kier alpha value is -2.20. The SMILES string of the molecule is O=C(Nc1ccc(NC(=S)NC(=O)c2cc(I)ccc2Cl)cc1)c1cccc(Cl)c1. The minimum Gasteiger partial charge on any atom is -0.332 e. The highest BCUT2D eigenvalue weighted by atomic mass is 127. The van der Waals surface area contributed by atoms with Crippen LogP contribution in [0.15, 0.2) is 66.7 Å². The monoisotopic (exact) mass is 569 g/mol. The maximum atomic E-state index is 12.4. The largest absolute Gasteiger partial charge is 0.332 e. The van der Waals surface area contributed by atoms with Crippen molar-refractivity contribution < 1.29 is 9.59 Å². The van der Waals surface area contributed by atoms with Gasteiger partial charge in [0.25, 0.3) is 11.8 Å². The van der Waals surface area contributed by atoms with Gasteiger partial charge in [-0.3, -0.25) is 14.9 Å². The van der Waals surface area contributed by atoms with Gasteiger partial charge >= 0.3 is 0 Å². The lowest BCUT2D eigenvalue weighted by Gasteiger charge is -2.11. The fourth-order valence-electron chi connectivity index (χ4n) is 2.47. The van der Waals surface area contributed by atoms with Gasteiger partial charge < -0.3 is 10.6 Å². The van der Waals surface area contributed by atoms with Crippen molar-refractivity contribution in [1.82, 2.24) is 5.32 Å². The zero-order valence-electron chi connectivity index (χ0n) is 15.2. The lowest BCUT2D eigenvalue weighted by molar-refractivity contribution is 0.0976. The first-order valence-corrected chi connectivity index (χ1v) is 10.8. The molecular formula is C21H14Cl2IN3O2S. The molecule has 0 unspecified atom stereocenters. The predicted molar refractivity (Wildman–Crippen MR) is 134 cm³/mol. The second kappa shape index (κ2) is 10.2. The summed E-state index contributed by atoms with van der Waals surface area (Å²) in [6.45, 7) is 0. The molecule has 0 bridgehead atoms. The molecule has 0 heterocycles. The van der Waals surface area contributed by atoms with Crippen LogP contribution in [0.4, 0.5) is 11.4 Å². The Morgan fingerprint density at radius 1 is 0.833 bits per heavy atom. The Bertz CT molecular complexity index is 1120. The van der Waals surface area contributed by atoms with Crippen molar-refractivity contribution in [3.63, 3.8) is 0 Å². The van der Waals surface area contributed by atoms with Gasteiger partial charge in [-0.15, -0.1) is 0 Å². The molecule has 3 N–H and O–H groups in total. The molecule has 0 aliphatic heterocycles. The number of hydrogen-bond acceptors (Lipinski definition) is 3. The van der Waals surface area contributed by atoms with E-state index in [-0.39, 0.29) is 11.0 Å². The average Bonchev–Trinajstić information content (AvgIpc) is 2.71. The van der Waals surface area contributed by atoms with Crippen LogP contribution >= 0.6 is 58.0 Å². The first kappa shape index (κ1) is 22.5. The van der Waals surface area contributed by atoms with Crippen molar-refractivity contribution in [2.45, 2.75) is 0 Å². The Morgan fingerprint density at radius 3 is 2.17 bits per heavy atom. The quantitative estimate of drug-likeness (QED) is 0.267. The number of nitrogens with one attached hydrogen (secondary N) is 3. The molecule has 3 aromatic carbocycles. The van der Waals surface area contributed by atoms with Crippen LogP contribution in [0.1, 0.15) is 20.7 Å². The molecule has 152 valence electrons. The molecule has 2 amide bonds. The number of amides is 2. The Kier molecular flexibility index (Phi) is 7.65. The fourth-order valence-corrected chi connectivity index (χ4v) is 3.57. The van der Waals surface area contributed by atoms with Crippen LogP contribution in [0.3, 0.4) is 0 Å². The molecule has 0 atom stereocenters. The number of rotatable bonds is 4. The second-order valence-electron chi connectivity index (χ2n) is 6.07. The van der Waals surface area contributed by atoms with Gasteiger partial charge in [-0.1, -0.05) is 29.3 Å². The van der Waals surface area contributed by atoms with Crippen molar-refractivity contribution in [1.29, 1.82) is 0 Å². The molecule has 3 rings (SSSR count). The molecule has 0 saturated carbocycles. The van der Waals surface area contributed by atoms with Crippen molar-refractivity contribution in [3.05, 3.63) is 91.5 Å². The summed E-state index contributed by atoms with van der Waals surface area (Å²) in [5.74, 6) is -0.670. The summed E-state index contributed by atoms with van der Waals surface area (Å²) in [6.07, 6.45) is 0. The summed E-state index contributed by atoms with van der Waals surface area (Å²) in [4.78, 5) is 24.6. The standard InChI is InChI=1S/C21H14Cl2IN3O2S/c22-13-3-1-2-12(10-13)19(28)25-15-5-7-16(8-6-15)26-21(30)27-20(29)17-11-14(24)4-9-18(17)23/h1-11H,(H,25,28)(H2,26,27,29,30). The van der Waals surface area contributed by atoms with Crippen LogP contribution < -0.4 is 16.0 Å². The van der Waals surface area contributed by atoms with Crippen LogP contribution in [0, 0.1) is 3.57 Å². The van der Waals surface area contributed by atoms with Crippen LogP contribution in [-0.2, 0) is 0 Å². The van der Waals surface area contributed by atoms with E-state index in [1.54, 1.807) is 60.7 Å². The van der Waals surface area contributed by atoms with Gasteiger partial charge in [0.05, 0.1) is 10.6 Å². The van der Waals surface area contributed by atoms with Crippen molar-refractivity contribution in [3.8, 4) is 0 Å². The second-order valence-corrected chi connectivity index (χ2v) is 8.57. The molecule has 9 heteroatoms. The number of benzene rings is 3. The van der Waals surface area contributed by atoms with Crippen LogP contribution in [0.2, 0.25) is 10.0 Å². The summed E-state index contributed by atoms with van der Waals surface area (Å²) in [7, 11) is 0. The number of anilines is 2. The summed E-state index contributed by atoms with van der Waals surface area (Å²) < 4.78 is 0.886. The van der Waals surface area contributed by atoms with E-state index in [1.165, 1.54) is 0 Å². The highest BCUT2D eigenvalue weighted by Gasteiger charge is 2.13. The molecule has 5 nitrogen and oxygen atoms in total. The maximum absolute atomic E-state index is 12.4. The van der Waals surface area contributed by atoms with Gasteiger partial charge in [-0.2, -0.15) is 0 Å². The number of carbonyl (C=O) groups is 2. The van der Waals surface area contributed by atoms with E-state index in [0.717, 1.165) is 3.57 Å². The van der Waals surface area contributed by atoms with Gasteiger partial charge in [0, 0.05) is 25.5 Å². The van der Waals surface area contributed by atoms with E-state index >= 15 is 0 Å². The summed E-state index contributed by atoms with van der Waals surface area (Å²) in [5, 5.41) is 9.27. The van der Waals surface area contributed by atoms with Gasteiger partial charge in [0.2, 0.25) is 0 Å². The molecule has 0 saturated heterocycles. The van der Waals surface area contributed by atoms with Crippen molar-refractivity contribution >= 4 is 86.3 Å². The molecule has 0 fully saturated rings. The fraction of sp³-hybridized carbons (Fsp3) is 0. The number of halogens is 3. The molecule has 3 aromatic rings. The Labute approximate surface area is 202 Å². The van der Waals surface area contributed by atoms with E-state index in [0.29, 0.717) is 32.5 Å². The first-order chi connectivity index (χ1) is 14.3. The van der Waals surface area contributed by atoms with E-state index in [4.69, 9.17) is 35.4 Å². The van der Waals surface area contributed by atoms with E-state index in [9.17, 15) is 9.59 Å². The highest BCUT2D eigenvalue weighted by Crippen LogP contribution is 2.19. The molecule has 0 aromatic heterocycles. The minimum atomic E-state index is -0.401. The Balaban J connectivity index is 1.58. The summed E-state index contributed by atoms with van der Waals surface area (Å²) in [5.41, 5.74) is 2.05.